The first-order chi connectivity index (χ1) is 19.8. The average molecular weight is 631 g/mol. The predicted molar refractivity (Wildman–Crippen MR) is 155 cm³/mol. The minimum Gasteiger partial charge on any atom is -0.462 e. The van der Waals surface area contributed by atoms with Crippen molar-refractivity contribution in [3.63, 3.8) is 0 Å². The van der Waals surface area contributed by atoms with Crippen LogP contribution in [-0.2, 0) is 14.8 Å². The Kier molecular flexibility index (Phi) is 9.92. The van der Waals surface area contributed by atoms with Crippen LogP contribution in [0.4, 0.5) is 24.9 Å². The standard InChI is InChI=1S/C25H37F3N8O4SSi/c1-5-15-41(37,38)36(17-39-14-16-42(2,3)4)22-23(30-20-9-7-6-8-19(20)29-22)40-21(25(26,27)28)18-10-12-35(13-11-18)24-31-33-34-32-24/h6-9,18,21H,5,10-17H2,1-4H3,(H,31,32,33,34). The molecule has 1 aliphatic heterocycles. The third-order valence-electron chi connectivity index (χ3n) is 6.91. The van der Waals surface area contributed by atoms with Gasteiger partial charge in [-0.3, -0.25) is 0 Å². The number of nitrogens with zero attached hydrogens (tertiary/aromatic N) is 7. The van der Waals surface area contributed by atoms with E-state index in [0.717, 1.165) is 10.3 Å². The molecule has 2 aromatic heterocycles. The van der Waals surface area contributed by atoms with Gasteiger partial charge in [0.25, 0.3) is 11.8 Å². The van der Waals surface area contributed by atoms with E-state index in [1.54, 1.807) is 36.1 Å². The summed E-state index contributed by atoms with van der Waals surface area (Å²) in [7, 11) is -5.52. The van der Waals surface area contributed by atoms with E-state index in [2.05, 4.69) is 50.2 Å². The fourth-order valence-corrected chi connectivity index (χ4v) is 6.74. The van der Waals surface area contributed by atoms with E-state index in [0.29, 0.717) is 18.1 Å². The number of aromatic amines is 1. The second-order valence-corrected chi connectivity index (χ2v) is 19.1. The van der Waals surface area contributed by atoms with Crippen LogP contribution in [0.3, 0.4) is 0 Å². The highest BCUT2D eigenvalue weighted by Crippen LogP contribution is 2.38. The topological polar surface area (TPSA) is 139 Å². The summed E-state index contributed by atoms with van der Waals surface area (Å²) in [5.41, 5.74) is 0.590. The summed E-state index contributed by atoms with van der Waals surface area (Å²) in [4.78, 5) is 10.6. The van der Waals surface area contributed by atoms with Crippen molar-refractivity contribution in [3.8, 4) is 5.88 Å². The van der Waals surface area contributed by atoms with Gasteiger partial charge in [0.1, 0.15) is 6.73 Å². The van der Waals surface area contributed by atoms with Crippen LogP contribution in [0.25, 0.3) is 11.0 Å². The molecule has 1 aliphatic rings. The van der Waals surface area contributed by atoms with Gasteiger partial charge in [-0.25, -0.2) is 22.7 Å². The van der Waals surface area contributed by atoms with Crippen molar-refractivity contribution in [1.82, 2.24) is 30.6 Å². The molecule has 0 radical (unpaired) electrons. The number of para-hydroxylation sites is 2. The van der Waals surface area contributed by atoms with E-state index in [1.165, 1.54) is 0 Å². The largest absolute Gasteiger partial charge is 0.462 e. The van der Waals surface area contributed by atoms with Gasteiger partial charge in [-0.05, 0) is 42.7 Å². The fourth-order valence-electron chi connectivity index (χ4n) is 4.63. The first kappa shape index (κ1) is 31.9. The van der Waals surface area contributed by atoms with Crippen LogP contribution in [-0.4, -0.2) is 91.5 Å². The molecule has 0 aliphatic carbocycles. The zero-order valence-corrected chi connectivity index (χ0v) is 26.0. The molecule has 1 fully saturated rings. The maximum Gasteiger partial charge on any atom is 0.425 e. The van der Waals surface area contributed by atoms with Gasteiger partial charge < -0.3 is 14.4 Å². The molecule has 0 saturated carbocycles. The lowest BCUT2D eigenvalue weighted by Crippen LogP contribution is -2.47. The molecule has 0 amide bonds. The Morgan fingerprint density at radius 3 is 2.38 bits per heavy atom. The van der Waals surface area contributed by atoms with Gasteiger partial charge in [-0.2, -0.15) is 18.4 Å². The van der Waals surface area contributed by atoms with Crippen LogP contribution < -0.4 is 13.9 Å². The lowest BCUT2D eigenvalue weighted by Gasteiger charge is -2.36. The summed E-state index contributed by atoms with van der Waals surface area (Å²) < 4.78 is 82.8. The number of rotatable bonds is 13. The minimum absolute atomic E-state index is 0.132. The molecule has 1 N–H and O–H groups in total. The quantitative estimate of drug-likeness (QED) is 0.166. The normalized spacial score (nSPS) is 16.1. The number of hydrogen-bond donors (Lipinski definition) is 1. The van der Waals surface area contributed by atoms with Gasteiger partial charge in [0.2, 0.25) is 15.8 Å². The number of alkyl halides is 3. The molecule has 17 heteroatoms. The predicted octanol–water partition coefficient (Wildman–Crippen LogP) is 4.23. The molecule has 3 aromatic rings. The van der Waals surface area contributed by atoms with E-state index in [4.69, 9.17) is 9.47 Å². The lowest BCUT2D eigenvalue weighted by atomic mass is 9.91. The van der Waals surface area contributed by atoms with Crippen LogP contribution in [0.2, 0.25) is 25.7 Å². The molecule has 0 bridgehead atoms. The summed E-state index contributed by atoms with van der Waals surface area (Å²) in [6, 6.07) is 7.33. The molecule has 0 spiro atoms. The van der Waals surface area contributed by atoms with Gasteiger partial charge in [0.05, 0.1) is 16.8 Å². The number of hydrogen-bond acceptors (Lipinski definition) is 10. The Morgan fingerprint density at radius 2 is 1.81 bits per heavy atom. The number of halogens is 3. The summed E-state index contributed by atoms with van der Waals surface area (Å²) in [5.74, 6) is -1.71. The number of benzene rings is 1. The molecule has 12 nitrogen and oxygen atoms in total. The third-order valence-corrected chi connectivity index (χ3v) is 10.5. The number of piperidine rings is 1. The summed E-state index contributed by atoms with van der Waals surface area (Å²) in [6.45, 7) is 8.58. The Hall–Kier alpha value is -3.05. The molecule has 42 heavy (non-hydrogen) atoms. The highest BCUT2D eigenvalue weighted by atomic mass is 32.2. The zero-order valence-electron chi connectivity index (χ0n) is 24.1. The van der Waals surface area contributed by atoms with Gasteiger partial charge in [-0.15, -0.1) is 5.10 Å². The Labute approximate surface area is 244 Å². The van der Waals surface area contributed by atoms with Gasteiger partial charge in [-0.1, -0.05) is 43.8 Å². The zero-order chi connectivity index (χ0) is 30.5. The number of fused-ring (bicyclic) bond motifs is 1. The van der Waals surface area contributed by atoms with Crippen molar-refractivity contribution < 1.29 is 31.1 Å². The smallest absolute Gasteiger partial charge is 0.425 e. The highest BCUT2D eigenvalue weighted by molar-refractivity contribution is 7.92. The first-order valence-electron chi connectivity index (χ1n) is 13.8. The van der Waals surface area contributed by atoms with E-state index >= 15 is 0 Å². The fraction of sp³-hybridized carbons (Fsp3) is 0.640. The van der Waals surface area contributed by atoms with Gasteiger partial charge in [0.15, 0.2) is 6.10 Å². The molecule has 1 atom stereocenters. The molecule has 232 valence electrons. The number of sulfonamides is 1. The molecule has 1 aromatic carbocycles. The van der Waals surface area contributed by atoms with Crippen LogP contribution in [0.1, 0.15) is 26.2 Å². The van der Waals surface area contributed by atoms with E-state index in [1.807, 2.05) is 0 Å². The van der Waals surface area contributed by atoms with E-state index in [-0.39, 0.29) is 49.4 Å². The Balaban J connectivity index is 1.69. The summed E-state index contributed by atoms with van der Waals surface area (Å²) >= 11 is 0. The monoisotopic (exact) mass is 630 g/mol. The van der Waals surface area contributed by atoms with Crippen molar-refractivity contribution >= 4 is 40.9 Å². The molecule has 1 saturated heterocycles. The lowest BCUT2D eigenvalue weighted by molar-refractivity contribution is -0.212. The maximum absolute atomic E-state index is 14.5. The van der Waals surface area contributed by atoms with Crippen molar-refractivity contribution in [3.05, 3.63) is 24.3 Å². The molecule has 4 rings (SSSR count). The second kappa shape index (κ2) is 13.1. The summed E-state index contributed by atoms with van der Waals surface area (Å²) in [6.07, 6.45) is -6.46. The van der Waals surface area contributed by atoms with Crippen LogP contribution in [0.5, 0.6) is 5.88 Å². The van der Waals surface area contributed by atoms with Crippen molar-refractivity contribution in [2.45, 2.75) is 64.2 Å². The average Bonchev–Trinajstić information content (AvgIpc) is 3.45. The van der Waals surface area contributed by atoms with Gasteiger partial charge in [0, 0.05) is 33.7 Å². The van der Waals surface area contributed by atoms with Crippen molar-refractivity contribution in [1.29, 1.82) is 0 Å². The van der Waals surface area contributed by atoms with Crippen LogP contribution in [0, 0.1) is 5.92 Å². The molecular weight excluding hydrogens is 593 g/mol. The number of tetrazole rings is 1. The first-order valence-corrected chi connectivity index (χ1v) is 19.2. The van der Waals surface area contributed by atoms with Crippen LogP contribution >= 0.6 is 0 Å². The molecular formula is C25H37F3N8O4SSi. The Morgan fingerprint density at radius 1 is 1.14 bits per heavy atom. The maximum atomic E-state index is 14.5. The SMILES string of the molecule is CCCS(=O)(=O)N(COCC[Si](C)(C)C)c1nc2ccccc2nc1OC(C1CCN(c2nn[nH]n2)CC1)C(F)(F)F. The summed E-state index contributed by atoms with van der Waals surface area (Å²) in [5, 5.41) is 13.7. The number of nitrogens with one attached hydrogen (secondary N) is 1. The van der Waals surface area contributed by atoms with Gasteiger partial charge >= 0.3 is 6.18 Å². The van der Waals surface area contributed by atoms with E-state index < -0.39 is 48.9 Å². The van der Waals surface area contributed by atoms with Crippen molar-refractivity contribution in [2.24, 2.45) is 5.92 Å². The number of anilines is 2. The highest BCUT2D eigenvalue weighted by Gasteiger charge is 2.49. The van der Waals surface area contributed by atoms with E-state index in [9.17, 15) is 21.6 Å². The number of H-pyrrole nitrogens is 1. The second-order valence-electron chi connectivity index (χ2n) is 11.5. The number of ether oxygens (including phenoxy) is 2. The van der Waals surface area contributed by atoms with Crippen molar-refractivity contribution in [2.75, 3.05) is 41.4 Å². The van der Waals surface area contributed by atoms with Crippen LogP contribution in [0.15, 0.2) is 24.3 Å². The Bertz CT molecular complexity index is 1420. The molecule has 3 heterocycles. The number of aromatic nitrogens is 6. The minimum atomic E-state index is -4.76. The third kappa shape index (κ3) is 8.06. The molecule has 1 unspecified atom stereocenters.